The second-order valence-corrected chi connectivity index (χ2v) is 8.49. The van der Waals surface area contributed by atoms with E-state index >= 15 is 0 Å². The maximum atomic E-state index is 5.50. The number of nitrogens with one attached hydrogen (secondary N) is 2. The number of imidazole rings is 2. The van der Waals surface area contributed by atoms with Crippen LogP contribution in [0.5, 0.6) is 17.2 Å². The lowest BCUT2D eigenvalue weighted by Crippen LogP contribution is -2.06. The summed E-state index contributed by atoms with van der Waals surface area (Å²) in [5.41, 5.74) is 3.89. The average molecular weight is 501 g/mol. The molecule has 2 aromatic carbocycles. The van der Waals surface area contributed by atoms with Crippen LogP contribution in [0.15, 0.2) is 61.4 Å². The molecule has 190 valence electrons. The van der Waals surface area contributed by atoms with E-state index < -0.39 is 0 Å². The Morgan fingerprint density at radius 2 is 1.57 bits per heavy atom. The second kappa shape index (κ2) is 10.1. The Bertz CT molecular complexity index is 1490. The van der Waals surface area contributed by atoms with Crippen LogP contribution in [0.25, 0.3) is 16.9 Å². The molecule has 0 fully saturated rings. The van der Waals surface area contributed by atoms with Gasteiger partial charge in [-0.25, -0.2) is 9.97 Å². The minimum absolute atomic E-state index is 0.163. The molecule has 11 heteroatoms. The maximum Gasteiger partial charge on any atom is 0.231 e. The van der Waals surface area contributed by atoms with E-state index in [0.717, 1.165) is 11.4 Å². The lowest BCUT2D eigenvalue weighted by atomic mass is 10.2. The van der Waals surface area contributed by atoms with E-state index in [-0.39, 0.29) is 6.04 Å². The number of hydrogen-bond acceptors (Lipinski definition) is 9. The summed E-state index contributed by atoms with van der Waals surface area (Å²) in [5.74, 6) is 2.53. The van der Waals surface area contributed by atoms with Crippen molar-refractivity contribution in [2.75, 3.05) is 32.0 Å². The fraction of sp³-hybridized carbons (Fsp3) is 0.231. The molecule has 0 bridgehead atoms. The fourth-order valence-electron chi connectivity index (χ4n) is 3.99. The van der Waals surface area contributed by atoms with E-state index in [2.05, 4.69) is 34.4 Å². The minimum Gasteiger partial charge on any atom is -0.493 e. The normalized spacial score (nSPS) is 11.1. The Balaban J connectivity index is 1.53. The van der Waals surface area contributed by atoms with Crippen molar-refractivity contribution in [1.82, 2.24) is 29.1 Å². The van der Waals surface area contributed by atoms with Crippen LogP contribution in [0.2, 0.25) is 0 Å². The summed E-state index contributed by atoms with van der Waals surface area (Å²) >= 11 is 0. The van der Waals surface area contributed by atoms with Gasteiger partial charge in [0.15, 0.2) is 28.5 Å². The maximum absolute atomic E-state index is 5.50. The number of benzene rings is 2. The van der Waals surface area contributed by atoms with Crippen LogP contribution >= 0.6 is 0 Å². The van der Waals surface area contributed by atoms with Crippen LogP contribution in [-0.4, -0.2) is 50.4 Å². The van der Waals surface area contributed by atoms with Gasteiger partial charge in [-0.2, -0.15) is 9.97 Å². The molecule has 0 aliphatic carbocycles. The third-order valence-corrected chi connectivity index (χ3v) is 5.83. The van der Waals surface area contributed by atoms with Gasteiger partial charge in [0.25, 0.3) is 0 Å². The summed E-state index contributed by atoms with van der Waals surface area (Å²) in [6, 6.07) is 11.7. The van der Waals surface area contributed by atoms with Crippen molar-refractivity contribution in [3.05, 3.63) is 61.4 Å². The van der Waals surface area contributed by atoms with Gasteiger partial charge in [-0.1, -0.05) is 0 Å². The van der Waals surface area contributed by atoms with Gasteiger partial charge in [-0.3, -0.25) is 0 Å². The monoisotopic (exact) mass is 500 g/mol. The number of methoxy groups -OCH3 is 3. The van der Waals surface area contributed by atoms with Crippen LogP contribution in [-0.2, 0) is 0 Å². The summed E-state index contributed by atoms with van der Waals surface area (Å²) in [5, 5.41) is 6.68. The summed E-state index contributed by atoms with van der Waals surface area (Å²) < 4.78 is 20.4. The first-order valence-corrected chi connectivity index (χ1v) is 11.7. The van der Waals surface area contributed by atoms with Gasteiger partial charge >= 0.3 is 0 Å². The highest BCUT2D eigenvalue weighted by atomic mass is 16.5. The molecule has 0 amide bonds. The number of nitrogens with zero attached hydrogens (tertiary/aromatic N) is 6. The Labute approximate surface area is 214 Å². The molecule has 5 rings (SSSR count). The van der Waals surface area contributed by atoms with E-state index in [1.54, 1.807) is 40.2 Å². The van der Waals surface area contributed by atoms with Crippen molar-refractivity contribution in [1.29, 1.82) is 0 Å². The summed E-state index contributed by atoms with van der Waals surface area (Å²) in [6.07, 6.45) is 7.17. The Hall–Kier alpha value is -4.80. The predicted octanol–water partition coefficient (Wildman–Crippen LogP) is 5.11. The largest absolute Gasteiger partial charge is 0.493 e. The minimum atomic E-state index is 0.163. The quantitative estimate of drug-likeness (QED) is 0.285. The molecular formula is C26H28N8O3. The Morgan fingerprint density at radius 1 is 0.838 bits per heavy atom. The summed E-state index contributed by atoms with van der Waals surface area (Å²) in [4.78, 5) is 18.2. The van der Waals surface area contributed by atoms with Gasteiger partial charge in [-0.05, 0) is 38.1 Å². The van der Waals surface area contributed by atoms with Crippen LogP contribution in [0.3, 0.4) is 0 Å². The van der Waals surface area contributed by atoms with Crippen molar-refractivity contribution in [3.63, 3.8) is 0 Å². The highest BCUT2D eigenvalue weighted by Gasteiger charge is 2.18. The molecule has 37 heavy (non-hydrogen) atoms. The molecule has 0 radical (unpaired) electrons. The van der Waals surface area contributed by atoms with E-state index in [1.165, 1.54) is 0 Å². The molecular weight excluding hydrogens is 472 g/mol. The molecule has 0 saturated heterocycles. The Kier molecular flexibility index (Phi) is 6.50. The standard InChI is InChI=1S/C26H28N8O3/c1-16(2)34-15-28-22-24(29-18-12-20(35-3)23(37-5)21(13-18)36-4)31-26(32-25(22)34)30-17-6-8-19(9-7-17)33-11-10-27-14-33/h6-16H,1-5H3,(H2,29,30,31,32). The van der Waals surface area contributed by atoms with Gasteiger partial charge in [0.05, 0.1) is 34.0 Å². The molecule has 2 N–H and O–H groups in total. The van der Waals surface area contributed by atoms with Gasteiger partial charge in [0, 0.05) is 47.6 Å². The van der Waals surface area contributed by atoms with E-state index in [1.807, 2.05) is 51.7 Å². The van der Waals surface area contributed by atoms with Crippen molar-refractivity contribution >= 4 is 34.3 Å². The van der Waals surface area contributed by atoms with Crippen molar-refractivity contribution in [2.45, 2.75) is 19.9 Å². The number of aromatic nitrogens is 6. The second-order valence-electron chi connectivity index (χ2n) is 8.49. The summed E-state index contributed by atoms with van der Waals surface area (Å²) in [6.45, 7) is 4.16. The zero-order valence-corrected chi connectivity index (χ0v) is 21.3. The van der Waals surface area contributed by atoms with Gasteiger partial charge in [0.1, 0.15) is 0 Å². The zero-order valence-electron chi connectivity index (χ0n) is 21.3. The zero-order chi connectivity index (χ0) is 25.9. The highest BCUT2D eigenvalue weighted by molar-refractivity contribution is 5.87. The lowest BCUT2D eigenvalue weighted by Gasteiger charge is -2.16. The van der Waals surface area contributed by atoms with Gasteiger partial charge in [0.2, 0.25) is 11.7 Å². The van der Waals surface area contributed by atoms with Crippen molar-refractivity contribution in [2.24, 2.45) is 0 Å². The SMILES string of the molecule is COc1cc(Nc2nc(Nc3ccc(-n4ccnc4)cc3)nc3c2ncn3C(C)C)cc(OC)c1OC. The number of anilines is 4. The molecule has 11 nitrogen and oxygen atoms in total. The van der Waals surface area contributed by atoms with Crippen molar-refractivity contribution < 1.29 is 14.2 Å². The highest BCUT2D eigenvalue weighted by Crippen LogP contribution is 2.41. The third kappa shape index (κ3) is 4.70. The fourth-order valence-corrected chi connectivity index (χ4v) is 3.99. The number of ether oxygens (including phenoxy) is 3. The topological polar surface area (TPSA) is 113 Å². The first-order chi connectivity index (χ1) is 18.0. The molecule has 3 heterocycles. The van der Waals surface area contributed by atoms with Crippen molar-refractivity contribution in [3.8, 4) is 22.9 Å². The third-order valence-electron chi connectivity index (χ3n) is 5.83. The molecule has 0 spiro atoms. The van der Waals surface area contributed by atoms with Crippen LogP contribution in [0.4, 0.5) is 23.1 Å². The molecule has 0 saturated carbocycles. The summed E-state index contributed by atoms with van der Waals surface area (Å²) in [7, 11) is 4.72. The average Bonchev–Trinajstić information content (AvgIpc) is 3.59. The van der Waals surface area contributed by atoms with E-state index in [9.17, 15) is 0 Å². The van der Waals surface area contributed by atoms with Crippen LogP contribution < -0.4 is 24.8 Å². The van der Waals surface area contributed by atoms with E-state index in [4.69, 9.17) is 24.2 Å². The molecule has 0 unspecified atom stereocenters. The molecule has 5 aromatic rings. The molecule has 3 aromatic heterocycles. The predicted molar refractivity (Wildman–Crippen MR) is 142 cm³/mol. The van der Waals surface area contributed by atoms with Crippen LogP contribution in [0, 0.1) is 0 Å². The molecule has 0 aliphatic rings. The molecule has 0 aliphatic heterocycles. The van der Waals surface area contributed by atoms with Gasteiger partial charge in [-0.15, -0.1) is 0 Å². The first kappa shape index (κ1) is 23.9. The number of hydrogen-bond donors (Lipinski definition) is 2. The molecule has 0 atom stereocenters. The first-order valence-electron chi connectivity index (χ1n) is 11.7. The lowest BCUT2D eigenvalue weighted by molar-refractivity contribution is 0.324. The van der Waals surface area contributed by atoms with Gasteiger partial charge < -0.3 is 34.0 Å². The Morgan fingerprint density at radius 3 is 2.16 bits per heavy atom. The van der Waals surface area contributed by atoms with Crippen LogP contribution in [0.1, 0.15) is 19.9 Å². The number of fused-ring (bicyclic) bond motifs is 1. The smallest absolute Gasteiger partial charge is 0.231 e. The van der Waals surface area contributed by atoms with E-state index in [0.29, 0.717) is 45.9 Å². The number of rotatable bonds is 9.